The van der Waals surface area contributed by atoms with Crippen molar-refractivity contribution in [3.05, 3.63) is 69.2 Å². The molecule has 168 valence electrons. The molecule has 32 heavy (non-hydrogen) atoms. The molecule has 1 N–H and O–H groups in total. The van der Waals surface area contributed by atoms with E-state index in [-0.39, 0.29) is 49.6 Å². The number of carbonyl (C=O) groups is 4. The average molecular weight is 476 g/mol. The zero-order valence-electron chi connectivity index (χ0n) is 17.7. The molecule has 1 heterocycles. The number of imide groups is 1. The Kier molecular flexibility index (Phi) is 7.53. The molecule has 0 radical (unpaired) electrons. The fraction of sp³-hybridized carbons (Fsp3) is 0.304. The van der Waals surface area contributed by atoms with E-state index in [1.165, 1.54) is 11.9 Å². The van der Waals surface area contributed by atoms with E-state index < -0.39 is 6.04 Å². The van der Waals surface area contributed by atoms with Crippen LogP contribution in [0.5, 0.6) is 0 Å². The maximum Gasteiger partial charge on any atom is 0.261 e. The van der Waals surface area contributed by atoms with Gasteiger partial charge in [-0.2, -0.15) is 0 Å². The Balaban J connectivity index is 1.70. The van der Waals surface area contributed by atoms with Crippen LogP contribution >= 0.6 is 23.2 Å². The SMILES string of the molecule is CNC(=O)[C@H](C)N(Cc1c(Cl)cccc1Cl)C(=O)CCCN1C(=O)c2ccccc2C1=O. The lowest BCUT2D eigenvalue weighted by atomic mass is 10.1. The van der Waals surface area contributed by atoms with Crippen molar-refractivity contribution < 1.29 is 19.2 Å². The van der Waals surface area contributed by atoms with Gasteiger partial charge < -0.3 is 10.2 Å². The molecule has 0 fully saturated rings. The Morgan fingerprint density at radius 3 is 2.09 bits per heavy atom. The Hall–Kier alpha value is -2.90. The largest absolute Gasteiger partial charge is 0.357 e. The molecular weight excluding hydrogens is 453 g/mol. The van der Waals surface area contributed by atoms with Crippen molar-refractivity contribution >= 4 is 46.8 Å². The number of amides is 4. The minimum atomic E-state index is -0.765. The summed E-state index contributed by atoms with van der Waals surface area (Å²) in [5, 5.41) is 3.33. The first-order chi connectivity index (χ1) is 15.3. The normalized spacial score (nSPS) is 13.7. The van der Waals surface area contributed by atoms with Gasteiger partial charge in [0.15, 0.2) is 0 Å². The molecule has 0 bridgehead atoms. The van der Waals surface area contributed by atoms with Gasteiger partial charge in [0.25, 0.3) is 11.8 Å². The summed E-state index contributed by atoms with van der Waals surface area (Å²) in [5.41, 5.74) is 1.28. The van der Waals surface area contributed by atoms with Gasteiger partial charge in [0, 0.05) is 42.2 Å². The first-order valence-corrected chi connectivity index (χ1v) is 10.9. The second kappa shape index (κ2) is 10.1. The zero-order chi connectivity index (χ0) is 23.4. The zero-order valence-corrected chi connectivity index (χ0v) is 19.2. The van der Waals surface area contributed by atoms with Crippen molar-refractivity contribution in [3.8, 4) is 0 Å². The highest BCUT2D eigenvalue weighted by Crippen LogP contribution is 2.27. The quantitative estimate of drug-likeness (QED) is 0.591. The van der Waals surface area contributed by atoms with Crippen LogP contribution < -0.4 is 5.32 Å². The summed E-state index contributed by atoms with van der Waals surface area (Å²) in [6.45, 7) is 1.78. The predicted octanol–water partition coefficient (Wildman–Crippen LogP) is 3.53. The summed E-state index contributed by atoms with van der Waals surface area (Å²) in [5.74, 6) is -1.37. The summed E-state index contributed by atoms with van der Waals surface area (Å²) in [6.07, 6.45) is 0.300. The van der Waals surface area contributed by atoms with Gasteiger partial charge in [-0.15, -0.1) is 0 Å². The van der Waals surface area contributed by atoms with Crippen LogP contribution in [-0.2, 0) is 16.1 Å². The second-order valence-electron chi connectivity index (χ2n) is 7.42. The van der Waals surface area contributed by atoms with E-state index >= 15 is 0 Å². The number of nitrogens with one attached hydrogen (secondary N) is 1. The summed E-state index contributed by atoms with van der Waals surface area (Å²) < 4.78 is 0. The highest BCUT2D eigenvalue weighted by Gasteiger charge is 2.35. The molecule has 0 saturated carbocycles. The van der Waals surface area contributed by atoms with Gasteiger partial charge in [0.2, 0.25) is 11.8 Å². The number of nitrogens with zero attached hydrogens (tertiary/aromatic N) is 2. The van der Waals surface area contributed by atoms with Crippen LogP contribution in [-0.4, -0.2) is 53.1 Å². The van der Waals surface area contributed by atoms with Gasteiger partial charge >= 0.3 is 0 Å². The fourth-order valence-electron chi connectivity index (χ4n) is 3.62. The van der Waals surface area contributed by atoms with Gasteiger partial charge in [-0.1, -0.05) is 41.4 Å². The lowest BCUT2D eigenvalue weighted by Gasteiger charge is -2.29. The second-order valence-corrected chi connectivity index (χ2v) is 8.24. The highest BCUT2D eigenvalue weighted by atomic mass is 35.5. The number of benzene rings is 2. The molecule has 2 aromatic carbocycles. The van der Waals surface area contributed by atoms with Crippen LogP contribution in [0.1, 0.15) is 46.0 Å². The first-order valence-electron chi connectivity index (χ1n) is 10.2. The van der Waals surface area contributed by atoms with E-state index in [4.69, 9.17) is 23.2 Å². The molecule has 2 aromatic rings. The topological polar surface area (TPSA) is 86.8 Å². The average Bonchev–Trinajstić information content (AvgIpc) is 3.03. The van der Waals surface area contributed by atoms with E-state index in [1.54, 1.807) is 49.4 Å². The van der Waals surface area contributed by atoms with Crippen LogP contribution in [0.15, 0.2) is 42.5 Å². The number of fused-ring (bicyclic) bond motifs is 1. The number of halogens is 2. The number of likely N-dealkylation sites (N-methyl/N-ethyl adjacent to an activating group) is 1. The molecule has 0 aliphatic carbocycles. The summed E-state index contributed by atoms with van der Waals surface area (Å²) >= 11 is 12.5. The molecular formula is C23H23Cl2N3O4. The number of rotatable bonds is 8. The van der Waals surface area contributed by atoms with Gasteiger partial charge in [0.05, 0.1) is 11.1 Å². The molecule has 1 aliphatic heterocycles. The van der Waals surface area contributed by atoms with Crippen LogP contribution in [0, 0.1) is 0 Å². The van der Waals surface area contributed by atoms with Crippen LogP contribution in [0.3, 0.4) is 0 Å². The minimum Gasteiger partial charge on any atom is -0.357 e. The lowest BCUT2D eigenvalue weighted by molar-refractivity contribution is -0.140. The molecule has 0 aromatic heterocycles. The van der Waals surface area contributed by atoms with Crippen molar-refractivity contribution in [2.75, 3.05) is 13.6 Å². The van der Waals surface area contributed by atoms with E-state index in [0.29, 0.717) is 26.7 Å². The molecule has 0 unspecified atom stereocenters. The van der Waals surface area contributed by atoms with E-state index in [1.807, 2.05) is 0 Å². The molecule has 0 spiro atoms. The Morgan fingerprint density at radius 1 is 1.00 bits per heavy atom. The fourth-order valence-corrected chi connectivity index (χ4v) is 4.14. The molecule has 0 saturated heterocycles. The Labute approximate surface area is 196 Å². The van der Waals surface area contributed by atoms with Crippen molar-refractivity contribution in [1.82, 2.24) is 15.1 Å². The third-order valence-electron chi connectivity index (χ3n) is 5.45. The van der Waals surface area contributed by atoms with Crippen LogP contribution in [0.25, 0.3) is 0 Å². The minimum absolute atomic E-state index is 0.0385. The summed E-state index contributed by atoms with van der Waals surface area (Å²) in [7, 11) is 1.49. The number of hydrogen-bond donors (Lipinski definition) is 1. The maximum atomic E-state index is 13.1. The van der Waals surface area contributed by atoms with Crippen molar-refractivity contribution in [3.63, 3.8) is 0 Å². The third kappa shape index (κ3) is 4.79. The molecule has 1 aliphatic rings. The number of carbonyl (C=O) groups excluding carboxylic acids is 4. The summed E-state index contributed by atoms with van der Waals surface area (Å²) in [6, 6.07) is 10.9. The Morgan fingerprint density at radius 2 is 1.56 bits per heavy atom. The third-order valence-corrected chi connectivity index (χ3v) is 6.16. The van der Waals surface area contributed by atoms with Crippen LogP contribution in [0.4, 0.5) is 0 Å². The maximum absolute atomic E-state index is 13.1. The molecule has 3 rings (SSSR count). The van der Waals surface area contributed by atoms with E-state index in [9.17, 15) is 19.2 Å². The van der Waals surface area contributed by atoms with Crippen LogP contribution in [0.2, 0.25) is 10.0 Å². The molecule has 9 heteroatoms. The van der Waals surface area contributed by atoms with Crippen molar-refractivity contribution in [2.45, 2.75) is 32.4 Å². The van der Waals surface area contributed by atoms with Gasteiger partial charge in [-0.05, 0) is 37.6 Å². The molecule has 4 amide bonds. The monoisotopic (exact) mass is 475 g/mol. The number of hydrogen-bond acceptors (Lipinski definition) is 4. The highest BCUT2D eigenvalue weighted by molar-refractivity contribution is 6.36. The first kappa shape index (κ1) is 23.8. The molecule has 1 atom stereocenters. The van der Waals surface area contributed by atoms with Gasteiger partial charge in [-0.3, -0.25) is 24.1 Å². The summed E-state index contributed by atoms with van der Waals surface area (Å²) in [4.78, 5) is 52.8. The molecule has 7 nitrogen and oxygen atoms in total. The van der Waals surface area contributed by atoms with Gasteiger partial charge in [0.1, 0.15) is 6.04 Å². The van der Waals surface area contributed by atoms with Crippen molar-refractivity contribution in [1.29, 1.82) is 0 Å². The van der Waals surface area contributed by atoms with Gasteiger partial charge in [-0.25, -0.2) is 0 Å². The predicted molar refractivity (Wildman–Crippen MR) is 122 cm³/mol. The lowest BCUT2D eigenvalue weighted by Crippen LogP contribution is -2.47. The standard InChI is InChI=1S/C23H23Cl2N3O4/c1-14(21(30)26-2)28(13-17-18(24)9-5-10-19(17)25)20(29)11-6-12-27-22(31)15-7-3-4-8-16(15)23(27)32/h3-5,7-10,14H,6,11-13H2,1-2H3,(H,26,30)/t14-/m0/s1. The van der Waals surface area contributed by atoms with E-state index in [2.05, 4.69) is 5.32 Å². The Bertz CT molecular complexity index is 1020. The van der Waals surface area contributed by atoms with Crippen molar-refractivity contribution in [2.24, 2.45) is 0 Å². The smallest absolute Gasteiger partial charge is 0.261 e. The van der Waals surface area contributed by atoms with E-state index in [0.717, 1.165) is 4.90 Å².